The number of hydrogen-bond acceptors (Lipinski definition) is 5. The number of nitro groups is 1. The summed E-state index contributed by atoms with van der Waals surface area (Å²) in [4.78, 5) is 22.5. The SMILES string of the molecule is C/C(=N/NC(=O)c1cc(-c2ccc(Cl)c(Cl)c2)n[nH]1)c1ccc([N+](=O)[O-])cc1. The largest absolute Gasteiger partial charge is 0.289 e. The highest BCUT2D eigenvalue weighted by Gasteiger charge is 2.12. The van der Waals surface area contributed by atoms with Gasteiger partial charge in [-0.3, -0.25) is 20.0 Å². The van der Waals surface area contributed by atoms with E-state index in [0.29, 0.717) is 32.6 Å². The topological polar surface area (TPSA) is 113 Å². The van der Waals surface area contributed by atoms with Crippen molar-refractivity contribution in [2.45, 2.75) is 6.92 Å². The number of non-ortho nitro benzene ring substituents is 1. The van der Waals surface area contributed by atoms with Crippen LogP contribution >= 0.6 is 23.2 Å². The first kappa shape index (κ1) is 19.5. The number of hydrazone groups is 1. The maximum absolute atomic E-state index is 12.3. The molecule has 0 saturated heterocycles. The van der Waals surface area contributed by atoms with Gasteiger partial charge in [-0.25, -0.2) is 5.43 Å². The number of aromatic nitrogens is 2. The van der Waals surface area contributed by atoms with E-state index in [1.54, 1.807) is 43.3 Å². The van der Waals surface area contributed by atoms with Gasteiger partial charge < -0.3 is 0 Å². The molecule has 0 radical (unpaired) electrons. The molecule has 1 amide bonds. The van der Waals surface area contributed by atoms with Crippen molar-refractivity contribution >= 4 is 40.5 Å². The molecule has 3 rings (SSSR count). The molecule has 1 aromatic heterocycles. The lowest BCUT2D eigenvalue weighted by atomic mass is 10.1. The predicted molar refractivity (Wildman–Crippen MR) is 107 cm³/mol. The van der Waals surface area contributed by atoms with E-state index in [2.05, 4.69) is 20.7 Å². The van der Waals surface area contributed by atoms with Gasteiger partial charge in [0.2, 0.25) is 0 Å². The second-order valence-corrected chi connectivity index (χ2v) is 6.55. The molecule has 2 aromatic carbocycles. The van der Waals surface area contributed by atoms with Crippen molar-refractivity contribution in [2.24, 2.45) is 5.10 Å². The minimum atomic E-state index is -0.486. The Balaban J connectivity index is 1.71. The van der Waals surface area contributed by atoms with Crippen molar-refractivity contribution in [1.82, 2.24) is 15.6 Å². The number of hydrogen-bond donors (Lipinski definition) is 2. The minimum Gasteiger partial charge on any atom is -0.272 e. The van der Waals surface area contributed by atoms with E-state index < -0.39 is 10.8 Å². The molecular weight excluding hydrogens is 405 g/mol. The first-order valence-electron chi connectivity index (χ1n) is 7.95. The van der Waals surface area contributed by atoms with Crippen LogP contribution in [0.2, 0.25) is 10.0 Å². The quantitative estimate of drug-likeness (QED) is 0.362. The van der Waals surface area contributed by atoms with E-state index >= 15 is 0 Å². The number of rotatable bonds is 5. The number of benzene rings is 2. The smallest absolute Gasteiger partial charge is 0.272 e. The minimum absolute atomic E-state index is 0.0205. The summed E-state index contributed by atoms with van der Waals surface area (Å²) in [7, 11) is 0. The summed E-state index contributed by atoms with van der Waals surface area (Å²) in [6, 6.07) is 12.4. The fraction of sp³-hybridized carbons (Fsp3) is 0.0556. The first-order valence-corrected chi connectivity index (χ1v) is 8.71. The Bertz CT molecular complexity index is 1080. The van der Waals surface area contributed by atoms with Gasteiger partial charge in [-0.05, 0) is 42.8 Å². The van der Waals surface area contributed by atoms with Gasteiger partial charge in [0, 0.05) is 17.7 Å². The molecule has 0 aliphatic carbocycles. The summed E-state index contributed by atoms with van der Waals surface area (Å²) in [6.45, 7) is 1.68. The van der Waals surface area contributed by atoms with E-state index in [1.165, 1.54) is 12.1 Å². The summed E-state index contributed by atoms with van der Waals surface area (Å²) in [6.07, 6.45) is 0. The maximum Gasteiger partial charge on any atom is 0.289 e. The molecular formula is C18H13Cl2N5O3. The van der Waals surface area contributed by atoms with Crippen LogP contribution in [-0.2, 0) is 0 Å². The standard InChI is InChI=1S/C18H13Cl2N5O3/c1-10(11-2-5-13(6-3-11)25(27)28)21-24-18(26)17-9-16(22-23-17)12-4-7-14(19)15(20)8-12/h2-9H,1H3,(H,22,23)(H,24,26)/b21-10-. The van der Waals surface area contributed by atoms with Gasteiger partial charge in [0.15, 0.2) is 0 Å². The lowest BCUT2D eigenvalue weighted by Crippen LogP contribution is -2.19. The summed E-state index contributed by atoms with van der Waals surface area (Å²) >= 11 is 11.9. The first-order chi connectivity index (χ1) is 13.3. The number of nitro benzene ring substituents is 1. The molecule has 0 fully saturated rings. The lowest BCUT2D eigenvalue weighted by Gasteiger charge is -2.01. The van der Waals surface area contributed by atoms with E-state index in [0.717, 1.165) is 0 Å². The summed E-state index contributed by atoms with van der Waals surface area (Å²) in [5, 5.41) is 22.2. The number of nitrogens with one attached hydrogen (secondary N) is 2. The number of aromatic amines is 1. The van der Waals surface area contributed by atoms with Crippen molar-refractivity contribution in [3.8, 4) is 11.3 Å². The third kappa shape index (κ3) is 4.36. The van der Waals surface area contributed by atoms with Crippen LogP contribution in [-0.4, -0.2) is 26.7 Å². The summed E-state index contributed by atoms with van der Waals surface area (Å²) in [5.41, 5.74) is 4.98. The van der Waals surface area contributed by atoms with Crippen molar-refractivity contribution in [3.05, 3.63) is 79.9 Å². The van der Waals surface area contributed by atoms with Gasteiger partial charge in [0.05, 0.1) is 26.4 Å². The van der Waals surface area contributed by atoms with E-state index in [-0.39, 0.29) is 11.4 Å². The lowest BCUT2D eigenvalue weighted by molar-refractivity contribution is -0.384. The number of carbonyl (C=O) groups is 1. The maximum atomic E-state index is 12.3. The Hall–Kier alpha value is -3.23. The second-order valence-electron chi connectivity index (χ2n) is 5.74. The summed E-state index contributed by atoms with van der Waals surface area (Å²) in [5.74, 6) is -0.486. The van der Waals surface area contributed by atoms with Crippen LogP contribution < -0.4 is 5.43 Å². The highest BCUT2D eigenvalue weighted by atomic mass is 35.5. The molecule has 8 nitrogen and oxygen atoms in total. The van der Waals surface area contributed by atoms with E-state index in [1.807, 2.05) is 0 Å². The molecule has 10 heteroatoms. The van der Waals surface area contributed by atoms with Crippen molar-refractivity contribution in [2.75, 3.05) is 0 Å². The zero-order valence-corrected chi connectivity index (χ0v) is 16.0. The molecule has 28 heavy (non-hydrogen) atoms. The summed E-state index contributed by atoms with van der Waals surface area (Å²) < 4.78 is 0. The average molecular weight is 418 g/mol. The zero-order valence-electron chi connectivity index (χ0n) is 14.4. The molecule has 2 N–H and O–H groups in total. The van der Waals surface area contributed by atoms with Gasteiger partial charge in [-0.15, -0.1) is 0 Å². The molecule has 3 aromatic rings. The number of carbonyl (C=O) groups excluding carboxylic acids is 1. The third-order valence-electron chi connectivity index (χ3n) is 3.86. The van der Waals surface area contributed by atoms with E-state index in [9.17, 15) is 14.9 Å². The molecule has 0 bridgehead atoms. The molecule has 1 heterocycles. The molecule has 0 spiro atoms. The molecule has 0 atom stereocenters. The van der Waals surface area contributed by atoms with Gasteiger partial charge in [-0.2, -0.15) is 10.2 Å². The monoisotopic (exact) mass is 417 g/mol. The Kier molecular flexibility index (Phi) is 5.72. The predicted octanol–water partition coefficient (Wildman–Crippen LogP) is 4.45. The Morgan fingerprint density at radius 2 is 1.86 bits per heavy atom. The molecule has 142 valence electrons. The fourth-order valence-corrected chi connectivity index (χ4v) is 2.62. The van der Waals surface area contributed by atoms with Crippen LogP contribution in [0.15, 0.2) is 53.6 Å². The molecule has 0 aliphatic rings. The van der Waals surface area contributed by atoms with Crippen molar-refractivity contribution < 1.29 is 9.72 Å². The number of amides is 1. The van der Waals surface area contributed by atoms with Gasteiger partial charge in [0.25, 0.3) is 11.6 Å². The fourth-order valence-electron chi connectivity index (χ4n) is 2.33. The average Bonchev–Trinajstić information content (AvgIpc) is 3.18. The van der Waals surface area contributed by atoms with Crippen LogP contribution in [0.1, 0.15) is 23.0 Å². The van der Waals surface area contributed by atoms with Gasteiger partial charge in [0.1, 0.15) is 5.69 Å². The Morgan fingerprint density at radius 1 is 1.14 bits per heavy atom. The van der Waals surface area contributed by atoms with Crippen molar-refractivity contribution in [1.29, 1.82) is 0 Å². The zero-order chi connectivity index (χ0) is 20.3. The number of nitrogens with zero attached hydrogens (tertiary/aromatic N) is 3. The molecule has 0 aliphatic heterocycles. The highest BCUT2D eigenvalue weighted by molar-refractivity contribution is 6.42. The highest BCUT2D eigenvalue weighted by Crippen LogP contribution is 2.27. The third-order valence-corrected chi connectivity index (χ3v) is 4.60. The van der Waals surface area contributed by atoms with Crippen LogP contribution in [0.3, 0.4) is 0 Å². The van der Waals surface area contributed by atoms with Gasteiger partial charge >= 0.3 is 0 Å². The second kappa shape index (κ2) is 8.20. The number of H-pyrrole nitrogens is 1. The Labute approximate surface area is 169 Å². The van der Waals surface area contributed by atoms with E-state index in [4.69, 9.17) is 23.2 Å². The normalized spacial score (nSPS) is 11.3. The molecule has 0 saturated carbocycles. The van der Waals surface area contributed by atoms with Crippen molar-refractivity contribution in [3.63, 3.8) is 0 Å². The van der Waals surface area contributed by atoms with Gasteiger partial charge in [-0.1, -0.05) is 29.3 Å². The molecule has 0 unspecified atom stereocenters. The van der Waals surface area contributed by atoms with Crippen LogP contribution in [0.4, 0.5) is 5.69 Å². The Morgan fingerprint density at radius 3 is 2.50 bits per heavy atom. The van der Waals surface area contributed by atoms with Crippen LogP contribution in [0, 0.1) is 10.1 Å². The number of halogens is 2. The van der Waals surface area contributed by atoms with Crippen LogP contribution in [0.5, 0.6) is 0 Å². The van der Waals surface area contributed by atoms with Crippen LogP contribution in [0.25, 0.3) is 11.3 Å².